The second-order valence-electron chi connectivity index (χ2n) is 15.8. The van der Waals surface area contributed by atoms with Gasteiger partial charge < -0.3 is 13.6 Å². The highest BCUT2D eigenvalue weighted by Crippen LogP contribution is 2.43. The molecule has 13 aromatic rings. The van der Waals surface area contributed by atoms with Gasteiger partial charge in [0.25, 0.3) is 0 Å². The van der Waals surface area contributed by atoms with Crippen molar-refractivity contribution in [1.29, 1.82) is 0 Å². The largest absolute Gasteiger partial charge is 0.456 e. The summed E-state index contributed by atoms with van der Waals surface area (Å²) in [4.78, 5) is 0. The highest BCUT2D eigenvalue weighted by Gasteiger charge is 2.24. The highest BCUT2D eigenvalue weighted by molar-refractivity contribution is 6.24. The fourth-order valence-electron chi connectivity index (χ4n) is 9.75. The molecular weight excluding hydrogens is 759 g/mol. The number of para-hydroxylation sites is 5. The van der Waals surface area contributed by atoms with E-state index in [1.54, 1.807) is 0 Å². The minimum absolute atomic E-state index is 0.778. The standard InChI is InChI=1S/C56H35N5O/c1-3-17-36(18-4-1)55-57-58-56(37-19-5-2-6-20-37)61(55)49-31-16-27-43-41-24-9-13-30-48(41)60(53(43)49)46-28-11-7-23-40(46)38-21-15-22-39(35-38)59-47-29-12-8-25-42(47)44-33-34-51-52(54(44)59)45-26-10-14-32-50(45)62-51/h1-35H. The smallest absolute Gasteiger partial charge is 0.168 e. The molecule has 0 fully saturated rings. The molecule has 4 heterocycles. The van der Waals surface area contributed by atoms with Crippen LogP contribution in [0.15, 0.2) is 217 Å². The first kappa shape index (κ1) is 34.4. The Labute approximate surface area is 355 Å². The van der Waals surface area contributed by atoms with Gasteiger partial charge in [-0.1, -0.05) is 158 Å². The average Bonchev–Trinajstić information content (AvgIpc) is 4.12. The molecule has 0 amide bonds. The van der Waals surface area contributed by atoms with Crippen LogP contribution in [0.1, 0.15) is 0 Å². The second kappa shape index (κ2) is 13.5. The Hall–Kier alpha value is -8.48. The summed E-state index contributed by atoms with van der Waals surface area (Å²) in [6, 6.07) is 75.1. The van der Waals surface area contributed by atoms with Gasteiger partial charge in [0, 0.05) is 49.3 Å². The number of hydrogen-bond donors (Lipinski definition) is 0. The van der Waals surface area contributed by atoms with Crippen molar-refractivity contribution < 1.29 is 4.42 Å². The fourth-order valence-corrected chi connectivity index (χ4v) is 9.75. The van der Waals surface area contributed by atoms with Crippen LogP contribution in [-0.4, -0.2) is 23.9 Å². The monoisotopic (exact) mass is 793 g/mol. The molecule has 0 radical (unpaired) electrons. The van der Waals surface area contributed by atoms with Gasteiger partial charge >= 0.3 is 0 Å². The van der Waals surface area contributed by atoms with Crippen LogP contribution in [0.2, 0.25) is 0 Å². The lowest BCUT2D eigenvalue weighted by Crippen LogP contribution is -2.05. The van der Waals surface area contributed by atoms with E-state index in [2.05, 4.69) is 208 Å². The van der Waals surface area contributed by atoms with Gasteiger partial charge in [-0.05, 0) is 60.2 Å². The molecule has 62 heavy (non-hydrogen) atoms. The van der Waals surface area contributed by atoms with E-state index in [1.165, 1.54) is 16.2 Å². The van der Waals surface area contributed by atoms with Gasteiger partial charge in [0.2, 0.25) is 0 Å². The van der Waals surface area contributed by atoms with Crippen molar-refractivity contribution in [2.45, 2.75) is 0 Å². The molecule has 6 heteroatoms. The molecule has 4 aromatic heterocycles. The van der Waals surface area contributed by atoms with Gasteiger partial charge in [-0.15, -0.1) is 10.2 Å². The number of benzene rings is 9. The lowest BCUT2D eigenvalue weighted by Gasteiger charge is -2.18. The summed E-state index contributed by atoms with van der Waals surface area (Å²) in [6.07, 6.45) is 0. The lowest BCUT2D eigenvalue weighted by atomic mass is 10.0. The molecule has 0 aliphatic carbocycles. The molecule has 9 aromatic carbocycles. The van der Waals surface area contributed by atoms with E-state index < -0.39 is 0 Å². The Bertz CT molecular complexity index is 3810. The minimum Gasteiger partial charge on any atom is -0.456 e. The topological polar surface area (TPSA) is 53.7 Å². The Morgan fingerprint density at radius 3 is 1.63 bits per heavy atom. The summed E-state index contributed by atoms with van der Waals surface area (Å²) >= 11 is 0. The van der Waals surface area contributed by atoms with E-state index in [9.17, 15) is 0 Å². The van der Waals surface area contributed by atoms with Crippen molar-refractivity contribution in [2.24, 2.45) is 0 Å². The number of furan rings is 1. The molecule has 290 valence electrons. The SMILES string of the molecule is c1ccc(-c2nnc(-c3ccccc3)n2-c2cccc3c4ccccc4n(-c4ccccc4-c4cccc(-n5c6ccccc6c6ccc7oc8ccccc8c7c65)c4)c23)cc1. The van der Waals surface area contributed by atoms with E-state index in [4.69, 9.17) is 14.6 Å². The van der Waals surface area contributed by atoms with Crippen LogP contribution >= 0.6 is 0 Å². The van der Waals surface area contributed by atoms with Crippen LogP contribution in [0.25, 0.3) is 117 Å². The molecule has 13 rings (SSSR count). The third-order valence-electron chi connectivity index (χ3n) is 12.4. The van der Waals surface area contributed by atoms with Crippen molar-refractivity contribution in [3.05, 3.63) is 212 Å². The molecule has 6 nitrogen and oxygen atoms in total. The van der Waals surface area contributed by atoms with E-state index in [0.717, 1.165) is 100 Å². The Morgan fingerprint density at radius 2 is 0.887 bits per heavy atom. The second-order valence-corrected chi connectivity index (χ2v) is 15.8. The summed E-state index contributed by atoms with van der Waals surface area (Å²) in [7, 11) is 0. The molecule has 0 N–H and O–H groups in total. The number of nitrogens with zero attached hydrogens (tertiary/aromatic N) is 5. The van der Waals surface area contributed by atoms with Gasteiger partial charge in [0.05, 0.1) is 38.8 Å². The van der Waals surface area contributed by atoms with Crippen molar-refractivity contribution in [3.63, 3.8) is 0 Å². The lowest BCUT2D eigenvalue weighted by molar-refractivity contribution is 0.669. The molecule has 0 aliphatic heterocycles. The average molecular weight is 794 g/mol. The summed E-state index contributed by atoms with van der Waals surface area (Å²) < 4.78 is 13.5. The number of hydrogen-bond acceptors (Lipinski definition) is 3. The molecular formula is C56H35N5O. The van der Waals surface area contributed by atoms with E-state index in [-0.39, 0.29) is 0 Å². The van der Waals surface area contributed by atoms with Crippen LogP contribution in [0, 0.1) is 0 Å². The minimum atomic E-state index is 0.778. The third-order valence-corrected chi connectivity index (χ3v) is 12.4. The predicted molar refractivity (Wildman–Crippen MR) is 254 cm³/mol. The Balaban J connectivity index is 1.08. The first-order valence-electron chi connectivity index (χ1n) is 20.9. The molecule has 0 bridgehead atoms. The van der Waals surface area contributed by atoms with Crippen molar-refractivity contribution in [1.82, 2.24) is 23.9 Å². The van der Waals surface area contributed by atoms with Crippen molar-refractivity contribution in [3.8, 4) is 51.0 Å². The summed E-state index contributed by atoms with van der Waals surface area (Å²) in [5, 5.41) is 16.7. The zero-order valence-electron chi connectivity index (χ0n) is 33.4. The fraction of sp³-hybridized carbons (Fsp3) is 0. The number of fused-ring (bicyclic) bond motifs is 10. The molecule has 0 saturated carbocycles. The molecule has 0 unspecified atom stereocenters. The normalized spacial score (nSPS) is 11.9. The van der Waals surface area contributed by atoms with Crippen LogP contribution in [0.3, 0.4) is 0 Å². The summed E-state index contributed by atoms with van der Waals surface area (Å²) in [5.74, 6) is 1.56. The first-order chi connectivity index (χ1) is 30.8. The van der Waals surface area contributed by atoms with Crippen molar-refractivity contribution >= 4 is 65.6 Å². The maximum atomic E-state index is 6.44. The zero-order chi connectivity index (χ0) is 40.7. The van der Waals surface area contributed by atoms with Crippen molar-refractivity contribution in [2.75, 3.05) is 0 Å². The maximum Gasteiger partial charge on any atom is 0.168 e. The quantitative estimate of drug-likeness (QED) is 0.168. The third kappa shape index (κ3) is 5.04. The van der Waals surface area contributed by atoms with E-state index >= 15 is 0 Å². The van der Waals surface area contributed by atoms with Gasteiger partial charge in [-0.3, -0.25) is 4.57 Å². The van der Waals surface area contributed by atoms with E-state index in [0.29, 0.717) is 0 Å². The molecule has 0 spiro atoms. The first-order valence-corrected chi connectivity index (χ1v) is 20.9. The molecule has 0 aliphatic rings. The van der Waals surface area contributed by atoms with Crippen LogP contribution in [-0.2, 0) is 0 Å². The van der Waals surface area contributed by atoms with Gasteiger partial charge in [-0.25, -0.2) is 0 Å². The predicted octanol–water partition coefficient (Wildman–Crippen LogP) is 14.4. The number of rotatable bonds is 6. The zero-order valence-corrected chi connectivity index (χ0v) is 33.4. The van der Waals surface area contributed by atoms with E-state index in [1.807, 2.05) is 18.2 Å². The summed E-state index contributed by atoms with van der Waals surface area (Å²) in [5.41, 5.74) is 13.6. The van der Waals surface area contributed by atoms with Gasteiger partial charge in [0.15, 0.2) is 11.6 Å². The van der Waals surface area contributed by atoms with Crippen LogP contribution in [0.4, 0.5) is 0 Å². The Kier molecular flexibility index (Phi) is 7.50. The highest BCUT2D eigenvalue weighted by atomic mass is 16.3. The van der Waals surface area contributed by atoms with Crippen LogP contribution in [0.5, 0.6) is 0 Å². The summed E-state index contributed by atoms with van der Waals surface area (Å²) in [6.45, 7) is 0. The number of aromatic nitrogens is 5. The Morgan fingerprint density at radius 1 is 0.339 bits per heavy atom. The van der Waals surface area contributed by atoms with Gasteiger partial charge in [-0.2, -0.15) is 0 Å². The molecule has 0 atom stereocenters. The maximum absolute atomic E-state index is 6.44. The van der Waals surface area contributed by atoms with Crippen LogP contribution < -0.4 is 0 Å². The molecule has 0 saturated heterocycles. The van der Waals surface area contributed by atoms with Gasteiger partial charge in [0.1, 0.15) is 11.2 Å².